The number of carbonyl (C=O) groups is 1. The van der Waals surface area contributed by atoms with Gasteiger partial charge in [-0.2, -0.15) is 0 Å². The molecule has 0 aliphatic carbocycles. The third-order valence-electron chi connectivity index (χ3n) is 0.760. The Balaban J connectivity index is 0. The van der Waals surface area contributed by atoms with E-state index in [4.69, 9.17) is 0 Å². The van der Waals surface area contributed by atoms with Gasteiger partial charge >= 0.3 is 13.5 Å². The first-order valence-electron chi connectivity index (χ1n) is 2.46. The summed E-state index contributed by atoms with van der Waals surface area (Å²) in [6.45, 7) is 0.513. The SMILES string of the molecule is FB(F)F.[F-].[NH3+][C@H]1COC1=O. The number of cyclic esters (lactones) is 1. The van der Waals surface area contributed by atoms with Crippen molar-refractivity contribution in [1.29, 1.82) is 0 Å². The van der Waals surface area contributed by atoms with Crippen LogP contribution in [0.15, 0.2) is 0 Å². The molecule has 3 N–H and O–H groups in total. The number of carbonyl (C=O) groups excluding carboxylic acids is 1. The normalized spacial score (nSPS) is 19.6. The van der Waals surface area contributed by atoms with Gasteiger partial charge < -0.3 is 15.2 Å². The van der Waals surface area contributed by atoms with Crippen molar-refractivity contribution >= 4 is 13.5 Å². The standard InChI is InChI=1S/C3H5NO2.BF3.FH/c4-2-1-6-3(2)5;2-1(3)4;/h2H,1,4H2;;1H/t2-;;/m0../s1. The Morgan fingerprint density at radius 2 is 1.82 bits per heavy atom. The first-order chi connectivity index (χ1) is 4.54. The molecule has 0 saturated carbocycles. The van der Waals surface area contributed by atoms with Gasteiger partial charge in [0, 0.05) is 0 Å². The molecule has 8 heteroatoms. The molecule has 1 fully saturated rings. The molecular formula is C3H6BF4NO2. The summed E-state index contributed by atoms with van der Waals surface area (Å²) < 4.78 is 33.3. The van der Waals surface area contributed by atoms with Gasteiger partial charge in [0.25, 0.3) is 0 Å². The van der Waals surface area contributed by atoms with Gasteiger partial charge in [-0.1, -0.05) is 0 Å². The van der Waals surface area contributed by atoms with E-state index < -0.39 is 7.54 Å². The summed E-state index contributed by atoms with van der Waals surface area (Å²) in [5, 5.41) is 0. The lowest BCUT2D eigenvalue weighted by Crippen LogP contribution is -3.00. The van der Waals surface area contributed by atoms with Crippen LogP contribution in [0.3, 0.4) is 0 Å². The van der Waals surface area contributed by atoms with E-state index in [-0.39, 0.29) is 16.7 Å². The van der Waals surface area contributed by atoms with Gasteiger partial charge in [0.15, 0.2) is 6.61 Å². The van der Waals surface area contributed by atoms with Crippen LogP contribution in [0.5, 0.6) is 0 Å². The van der Waals surface area contributed by atoms with Crippen LogP contribution in [-0.2, 0) is 9.53 Å². The molecule has 66 valence electrons. The minimum Gasteiger partial charge on any atom is -1.00 e. The lowest BCUT2D eigenvalue weighted by molar-refractivity contribution is -0.433. The molecule has 1 atom stereocenters. The van der Waals surface area contributed by atoms with Gasteiger partial charge in [-0.25, -0.2) is 4.79 Å². The second-order valence-corrected chi connectivity index (χ2v) is 1.57. The Morgan fingerprint density at radius 1 is 1.55 bits per heavy atom. The minimum absolute atomic E-state index is 0. The molecular weight excluding hydrogens is 169 g/mol. The zero-order valence-electron chi connectivity index (χ0n) is 5.40. The molecule has 0 bridgehead atoms. The van der Waals surface area contributed by atoms with E-state index in [2.05, 4.69) is 10.5 Å². The quantitative estimate of drug-likeness (QED) is 0.232. The van der Waals surface area contributed by atoms with Gasteiger partial charge in [-0.05, 0) is 0 Å². The van der Waals surface area contributed by atoms with Gasteiger partial charge in [-0.15, -0.1) is 0 Å². The molecule has 0 spiro atoms. The average molecular weight is 175 g/mol. The van der Waals surface area contributed by atoms with Crippen molar-refractivity contribution in [2.24, 2.45) is 0 Å². The van der Waals surface area contributed by atoms with Crippen molar-refractivity contribution < 1.29 is 32.9 Å². The number of esters is 1. The zero-order chi connectivity index (χ0) is 8.15. The molecule has 1 heterocycles. The van der Waals surface area contributed by atoms with Gasteiger partial charge in [0.1, 0.15) is 0 Å². The van der Waals surface area contributed by atoms with Crippen LogP contribution in [0.1, 0.15) is 0 Å². The summed E-state index contributed by atoms with van der Waals surface area (Å²) in [6.07, 6.45) is 0. The summed E-state index contributed by atoms with van der Waals surface area (Å²) in [5.74, 6) is -0.171. The van der Waals surface area contributed by atoms with E-state index in [9.17, 15) is 17.7 Å². The smallest absolute Gasteiger partial charge is 0.762 e. The summed E-state index contributed by atoms with van der Waals surface area (Å²) in [4.78, 5) is 9.95. The summed E-state index contributed by atoms with van der Waals surface area (Å²) >= 11 is 0. The third kappa shape index (κ3) is 7.11. The summed E-state index contributed by atoms with van der Waals surface area (Å²) in [6, 6.07) is -0.0787. The number of ether oxygens (including phenoxy) is 1. The number of hydrogen-bond acceptors (Lipinski definition) is 2. The molecule has 1 saturated heterocycles. The van der Waals surface area contributed by atoms with Crippen LogP contribution in [0.25, 0.3) is 0 Å². The topological polar surface area (TPSA) is 53.9 Å². The molecule has 0 aromatic rings. The van der Waals surface area contributed by atoms with Crippen LogP contribution in [0, 0.1) is 0 Å². The highest BCUT2D eigenvalue weighted by Gasteiger charge is 2.29. The molecule has 0 amide bonds. The van der Waals surface area contributed by atoms with Crippen molar-refractivity contribution in [3.63, 3.8) is 0 Å². The highest BCUT2D eigenvalue weighted by molar-refractivity contribution is 6.33. The average Bonchev–Trinajstić information content (AvgIpc) is 1.83. The van der Waals surface area contributed by atoms with Crippen LogP contribution in [-0.4, -0.2) is 26.2 Å². The predicted octanol–water partition coefficient (Wildman–Crippen LogP) is -3.96. The number of hydrogen-bond donors (Lipinski definition) is 1. The van der Waals surface area contributed by atoms with Gasteiger partial charge in [0.2, 0.25) is 6.04 Å². The van der Waals surface area contributed by atoms with E-state index >= 15 is 0 Å². The van der Waals surface area contributed by atoms with Crippen molar-refractivity contribution in [2.45, 2.75) is 6.04 Å². The van der Waals surface area contributed by atoms with E-state index in [1.54, 1.807) is 0 Å². The van der Waals surface area contributed by atoms with Crippen molar-refractivity contribution in [3.05, 3.63) is 0 Å². The summed E-state index contributed by atoms with van der Waals surface area (Å²) in [5.41, 5.74) is 3.45. The Bertz CT molecular complexity index is 121. The largest absolute Gasteiger partial charge is 1.00 e. The van der Waals surface area contributed by atoms with Crippen LogP contribution < -0.4 is 10.4 Å². The lowest BCUT2D eigenvalue weighted by atomic mass is 10.3. The molecule has 1 aliphatic rings. The lowest BCUT2D eigenvalue weighted by Gasteiger charge is -2.15. The highest BCUT2D eigenvalue weighted by Crippen LogP contribution is 1.94. The highest BCUT2D eigenvalue weighted by atomic mass is 19.4. The third-order valence-corrected chi connectivity index (χ3v) is 0.760. The maximum absolute atomic E-state index is 9.95. The molecule has 1 aliphatic heterocycles. The maximum atomic E-state index is 9.95. The zero-order valence-corrected chi connectivity index (χ0v) is 5.40. The Labute approximate surface area is 60.3 Å². The van der Waals surface area contributed by atoms with Gasteiger partial charge in [-0.3, -0.25) is 12.9 Å². The van der Waals surface area contributed by atoms with E-state index in [1.807, 2.05) is 0 Å². The minimum atomic E-state index is -3.67. The van der Waals surface area contributed by atoms with E-state index in [0.717, 1.165) is 0 Å². The number of rotatable bonds is 0. The predicted molar refractivity (Wildman–Crippen MR) is 26.7 cm³/mol. The molecule has 3 nitrogen and oxygen atoms in total. The fourth-order valence-corrected chi connectivity index (χ4v) is 0.269. The molecule has 0 unspecified atom stereocenters. The second-order valence-electron chi connectivity index (χ2n) is 1.57. The Kier molecular flexibility index (Phi) is 6.96. The van der Waals surface area contributed by atoms with Crippen LogP contribution in [0.2, 0.25) is 0 Å². The fraction of sp³-hybridized carbons (Fsp3) is 0.667. The fourth-order valence-electron chi connectivity index (χ4n) is 0.269. The Morgan fingerprint density at radius 3 is 1.82 bits per heavy atom. The van der Waals surface area contributed by atoms with Crippen molar-refractivity contribution in [1.82, 2.24) is 0 Å². The Hall–Kier alpha value is -0.785. The molecule has 1 rings (SSSR count). The first kappa shape index (κ1) is 12.9. The first-order valence-corrected chi connectivity index (χ1v) is 2.46. The van der Waals surface area contributed by atoms with Crippen LogP contribution >= 0.6 is 0 Å². The number of quaternary nitrogens is 1. The molecule has 0 aromatic heterocycles. The van der Waals surface area contributed by atoms with Gasteiger partial charge in [0.05, 0.1) is 0 Å². The second kappa shape index (κ2) is 5.96. The van der Waals surface area contributed by atoms with Crippen molar-refractivity contribution in [3.8, 4) is 0 Å². The molecule has 0 radical (unpaired) electrons. The molecule has 0 aromatic carbocycles. The van der Waals surface area contributed by atoms with Crippen molar-refractivity contribution in [2.75, 3.05) is 6.61 Å². The molecule has 11 heavy (non-hydrogen) atoms. The number of halogens is 4. The van der Waals surface area contributed by atoms with E-state index in [1.165, 1.54) is 0 Å². The summed E-state index contributed by atoms with van der Waals surface area (Å²) in [7, 11) is -3.67. The van der Waals surface area contributed by atoms with E-state index in [0.29, 0.717) is 6.61 Å². The maximum Gasteiger partial charge on any atom is 0.762 e. The monoisotopic (exact) mass is 175 g/mol. The van der Waals surface area contributed by atoms with Crippen LogP contribution in [0.4, 0.5) is 12.9 Å².